The molecule has 0 N–H and O–H groups in total. The second-order valence-corrected chi connectivity index (χ2v) is 2.69. The van der Waals surface area contributed by atoms with Gasteiger partial charge in [-0.05, 0) is 19.3 Å². The van der Waals surface area contributed by atoms with Crippen molar-refractivity contribution >= 4 is 0 Å². The van der Waals surface area contributed by atoms with Gasteiger partial charge in [0.05, 0.1) is 0 Å². The molecule has 1 aliphatic rings. The molecule has 0 aromatic heterocycles. The Kier molecular flexibility index (Phi) is 5.27. The summed E-state index contributed by atoms with van der Waals surface area (Å²) in [7, 11) is 1.58. The van der Waals surface area contributed by atoms with E-state index < -0.39 is 0 Å². The molecule has 0 bridgehead atoms. The standard InChI is InChI=1S/C8H16O4/c1-9-6-10-7-12-8-4-2-3-5-11-8/h8H,2-7H2,1H3. The van der Waals surface area contributed by atoms with E-state index in [2.05, 4.69) is 4.74 Å². The molecule has 4 nitrogen and oxygen atoms in total. The smallest absolute Gasteiger partial charge is 0.160 e. The zero-order chi connectivity index (χ0) is 8.65. The molecule has 0 saturated carbocycles. The van der Waals surface area contributed by atoms with Crippen molar-refractivity contribution < 1.29 is 18.9 Å². The fourth-order valence-electron chi connectivity index (χ4n) is 1.08. The summed E-state index contributed by atoms with van der Waals surface area (Å²) in [5.41, 5.74) is 0. The maximum absolute atomic E-state index is 5.32. The minimum atomic E-state index is -0.0735. The molecule has 0 radical (unpaired) electrons. The van der Waals surface area contributed by atoms with Gasteiger partial charge in [0.25, 0.3) is 0 Å². The quantitative estimate of drug-likeness (QED) is 0.464. The summed E-state index contributed by atoms with van der Waals surface area (Å²) < 4.78 is 20.2. The van der Waals surface area contributed by atoms with Crippen LogP contribution >= 0.6 is 0 Å². The number of ether oxygens (including phenoxy) is 4. The van der Waals surface area contributed by atoms with Crippen molar-refractivity contribution in [1.82, 2.24) is 0 Å². The van der Waals surface area contributed by atoms with Crippen molar-refractivity contribution in [2.45, 2.75) is 25.6 Å². The minimum absolute atomic E-state index is 0.0735. The zero-order valence-corrected chi connectivity index (χ0v) is 7.45. The van der Waals surface area contributed by atoms with Gasteiger partial charge >= 0.3 is 0 Å². The Hall–Kier alpha value is -0.160. The molecule has 0 aromatic carbocycles. The van der Waals surface area contributed by atoms with Gasteiger partial charge < -0.3 is 18.9 Å². The molecule has 1 heterocycles. The molecule has 1 saturated heterocycles. The molecule has 0 spiro atoms. The summed E-state index contributed by atoms with van der Waals surface area (Å²) in [4.78, 5) is 0. The number of hydrogen-bond acceptors (Lipinski definition) is 4. The van der Waals surface area contributed by atoms with E-state index in [9.17, 15) is 0 Å². The van der Waals surface area contributed by atoms with Crippen molar-refractivity contribution in [3.8, 4) is 0 Å². The van der Waals surface area contributed by atoms with Crippen LogP contribution < -0.4 is 0 Å². The Bertz CT molecular complexity index is 101. The summed E-state index contributed by atoms with van der Waals surface area (Å²) >= 11 is 0. The normalized spacial score (nSPS) is 24.2. The van der Waals surface area contributed by atoms with Gasteiger partial charge in [-0.15, -0.1) is 0 Å². The van der Waals surface area contributed by atoms with Crippen LogP contribution in [0.1, 0.15) is 19.3 Å². The molecule has 72 valence electrons. The van der Waals surface area contributed by atoms with E-state index in [0.717, 1.165) is 19.4 Å². The first-order valence-corrected chi connectivity index (χ1v) is 4.23. The Morgan fingerprint density at radius 3 is 2.92 bits per heavy atom. The average Bonchev–Trinajstić information content (AvgIpc) is 2.14. The predicted molar refractivity (Wildman–Crippen MR) is 42.5 cm³/mol. The topological polar surface area (TPSA) is 36.9 Å². The lowest BCUT2D eigenvalue weighted by Crippen LogP contribution is -2.23. The van der Waals surface area contributed by atoms with E-state index >= 15 is 0 Å². The Morgan fingerprint density at radius 1 is 1.33 bits per heavy atom. The van der Waals surface area contributed by atoms with Gasteiger partial charge in [0.15, 0.2) is 13.1 Å². The fraction of sp³-hybridized carbons (Fsp3) is 1.00. The first-order chi connectivity index (χ1) is 5.93. The molecule has 1 aliphatic heterocycles. The highest BCUT2D eigenvalue weighted by atomic mass is 16.8. The lowest BCUT2D eigenvalue weighted by molar-refractivity contribution is -0.224. The number of rotatable bonds is 5. The summed E-state index contributed by atoms with van der Waals surface area (Å²) in [6.07, 6.45) is 3.21. The van der Waals surface area contributed by atoms with Gasteiger partial charge in [-0.25, -0.2) is 0 Å². The Labute approximate surface area is 72.7 Å². The highest BCUT2D eigenvalue weighted by Gasteiger charge is 2.13. The van der Waals surface area contributed by atoms with Crippen LogP contribution in [0, 0.1) is 0 Å². The zero-order valence-electron chi connectivity index (χ0n) is 7.45. The second kappa shape index (κ2) is 6.37. The summed E-state index contributed by atoms with van der Waals surface area (Å²) in [6.45, 7) is 1.32. The van der Waals surface area contributed by atoms with Crippen molar-refractivity contribution in [2.24, 2.45) is 0 Å². The number of hydrogen-bond donors (Lipinski definition) is 0. The molecule has 1 unspecified atom stereocenters. The largest absolute Gasteiger partial charge is 0.359 e. The lowest BCUT2D eigenvalue weighted by atomic mass is 10.2. The lowest BCUT2D eigenvalue weighted by Gasteiger charge is -2.22. The van der Waals surface area contributed by atoms with Gasteiger partial charge in [0.1, 0.15) is 6.79 Å². The molecule has 0 aliphatic carbocycles. The molecule has 1 fully saturated rings. The van der Waals surface area contributed by atoms with E-state index in [-0.39, 0.29) is 19.9 Å². The third-order valence-corrected chi connectivity index (χ3v) is 1.68. The van der Waals surface area contributed by atoms with Crippen LogP contribution in [0.25, 0.3) is 0 Å². The monoisotopic (exact) mass is 176 g/mol. The Morgan fingerprint density at radius 2 is 2.25 bits per heavy atom. The van der Waals surface area contributed by atoms with Gasteiger partial charge in [0.2, 0.25) is 0 Å². The fourth-order valence-corrected chi connectivity index (χ4v) is 1.08. The molecule has 0 amide bonds. The third-order valence-electron chi connectivity index (χ3n) is 1.68. The van der Waals surface area contributed by atoms with Crippen molar-refractivity contribution in [1.29, 1.82) is 0 Å². The first kappa shape index (κ1) is 9.92. The van der Waals surface area contributed by atoms with Gasteiger partial charge in [-0.3, -0.25) is 0 Å². The van der Waals surface area contributed by atoms with Gasteiger partial charge in [0, 0.05) is 13.7 Å². The molecule has 1 atom stereocenters. The molecule has 0 aromatic rings. The maximum atomic E-state index is 5.32. The second-order valence-electron chi connectivity index (χ2n) is 2.69. The van der Waals surface area contributed by atoms with E-state index in [1.54, 1.807) is 7.11 Å². The minimum Gasteiger partial charge on any atom is -0.359 e. The average molecular weight is 176 g/mol. The highest BCUT2D eigenvalue weighted by Crippen LogP contribution is 2.13. The first-order valence-electron chi connectivity index (χ1n) is 4.23. The number of methoxy groups -OCH3 is 1. The van der Waals surface area contributed by atoms with E-state index in [1.165, 1.54) is 6.42 Å². The van der Waals surface area contributed by atoms with E-state index in [4.69, 9.17) is 14.2 Å². The van der Waals surface area contributed by atoms with E-state index in [0.29, 0.717) is 0 Å². The highest BCUT2D eigenvalue weighted by molar-refractivity contribution is 4.52. The van der Waals surface area contributed by atoms with Crippen LogP contribution in [-0.2, 0) is 18.9 Å². The molecule has 4 heteroatoms. The van der Waals surface area contributed by atoms with Crippen LogP contribution in [0.3, 0.4) is 0 Å². The summed E-state index contributed by atoms with van der Waals surface area (Å²) in [6, 6.07) is 0. The molecule has 12 heavy (non-hydrogen) atoms. The van der Waals surface area contributed by atoms with Crippen LogP contribution in [0.5, 0.6) is 0 Å². The van der Waals surface area contributed by atoms with Crippen LogP contribution in [0.4, 0.5) is 0 Å². The molecular formula is C8H16O4. The molecular weight excluding hydrogens is 160 g/mol. The predicted octanol–water partition coefficient (Wildman–Crippen LogP) is 1.11. The van der Waals surface area contributed by atoms with Gasteiger partial charge in [-0.1, -0.05) is 0 Å². The summed E-state index contributed by atoms with van der Waals surface area (Å²) in [5, 5.41) is 0. The van der Waals surface area contributed by atoms with Crippen LogP contribution in [-0.4, -0.2) is 33.6 Å². The van der Waals surface area contributed by atoms with Crippen molar-refractivity contribution in [2.75, 3.05) is 27.3 Å². The Balaban J connectivity index is 1.91. The van der Waals surface area contributed by atoms with Crippen molar-refractivity contribution in [3.63, 3.8) is 0 Å². The maximum Gasteiger partial charge on any atom is 0.160 e. The van der Waals surface area contributed by atoms with Crippen LogP contribution in [0.2, 0.25) is 0 Å². The SMILES string of the molecule is COCOCOC1CCCCO1. The molecule has 1 rings (SSSR count). The summed E-state index contributed by atoms with van der Waals surface area (Å²) in [5.74, 6) is 0. The van der Waals surface area contributed by atoms with E-state index in [1.807, 2.05) is 0 Å². The van der Waals surface area contributed by atoms with Crippen molar-refractivity contribution in [3.05, 3.63) is 0 Å². The third kappa shape index (κ3) is 4.01. The van der Waals surface area contributed by atoms with Gasteiger partial charge in [-0.2, -0.15) is 0 Å². The van der Waals surface area contributed by atoms with Crippen LogP contribution in [0.15, 0.2) is 0 Å².